The first-order chi connectivity index (χ1) is 9.64. The molecule has 0 aliphatic rings. The van der Waals surface area contributed by atoms with Crippen LogP contribution in [-0.4, -0.2) is 20.0 Å². The van der Waals surface area contributed by atoms with E-state index in [1.165, 1.54) is 38.5 Å². The highest BCUT2D eigenvalue weighted by Gasteiger charge is 2.33. The molecule has 0 aromatic rings. The fourth-order valence-electron chi connectivity index (χ4n) is 2.68. The van der Waals surface area contributed by atoms with Crippen LogP contribution in [0.4, 0.5) is 0 Å². The summed E-state index contributed by atoms with van der Waals surface area (Å²) in [6.45, 7) is 4.26. The zero-order valence-electron chi connectivity index (χ0n) is 13.9. The molecule has 118 valence electrons. The maximum absolute atomic E-state index is 8.68. The Kier molecular flexibility index (Phi) is 11.8. The Morgan fingerprint density at radius 2 is 1.50 bits per heavy atom. The number of ether oxygens (including phenoxy) is 2. The van der Waals surface area contributed by atoms with Crippen molar-refractivity contribution in [2.75, 3.05) is 14.2 Å². The lowest BCUT2D eigenvalue weighted by molar-refractivity contribution is -0.230. The lowest BCUT2D eigenvalue weighted by Crippen LogP contribution is -2.39. The molecule has 0 aromatic carbocycles. The van der Waals surface area contributed by atoms with E-state index in [0.717, 1.165) is 19.3 Å². The summed E-state index contributed by atoms with van der Waals surface area (Å²) in [7, 11) is 3.42. The van der Waals surface area contributed by atoms with E-state index in [1.807, 2.05) is 6.92 Å². The van der Waals surface area contributed by atoms with Crippen molar-refractivity contribution in [3.8, 4) is 6.07 Å². The third-order valence-electron chi connectivity index (χ3n) is 4.30. The Hall–Kier alpha value is -0.590. The molecule has 1 atom stereocenters. The summed E-state index contributed by atoms with van der Waals surface area (Å²) in [6.07, 6.45) is 11.5. The Bertz CT molecular complexity index is 256. The van der Waals surface area contributed by atoms with E-state index in [1.54, 1.807) is 14.2 Å². The van der Waals surface area contributed by atoms with Gasteiger partial charge in [0.25, 0.3) is 0 Å². The van der Waals surface area contributed by atoms with E-state index in [4.69, 9.17) is 14.7 Å². The molecule has 0 aliphatic heterocycles. The maximum Gasteiger partial charge on any atom is 0.167 e. The molecule has 0 aromatic heterocycles. The first-order valence-corrected chi connectivity index (χ1v) is 8.11. The lowest BCUT2D eigenvalue weighted by atomic mass is 9.88. The maximum atomic E-state index is 8.68. The largest absolute Gasteiger partial charge is 0.353 e. The summed E-state index contributed by atoms with van der Waals surface area (Å²) >= 11 is 0. The summed E-state index contributed by atoms with van der Waals surface area (Å²) < 4.78 is 11.1. The summed E-state index contributed by atoms with van der Waals surface area (Å²) in [6, 6.07) is 2.22. The predicted molar refractivity (Wildman–Crippen MR) is 83.4 cm³/mol. The van der Waals surface area contributed by atoms with Gasteiger partial charge in [-0.05, 0) is 26.2 Å². The summed E-state index contributed by atoms with van der Waals surface area (Å²) in [5, 5.41) is 8.68. The summed E-state index contributed by atoms with van der Waals surface area (Å²) in [4.78, 5) is 0. The molecule has 3 nitrogen and oxygen atoms in total. The van der Waals surface area contributed by atoms with Gasteiger partial charge in [-0.1, -0.05) is 45.4 Å². The van der Waals surface area contributed by atoms with E-state index in [2.05, 4.69) is 13.0 Å². The van der Waals surface area contributed by atoms with Crippen molar-refractivity contribution >= 4 is 0 Å². The summed E-state index contributed by atoms with van der Waals surface area (Å²) in [5.74, 6) is -0.143. The van der Waals surface area contributed by atoms with Gasteiger partial charge in [-0.3, -0.25) is 0 Å². The summed E-state index contributed by atoms with van der Waals surface area (Å²) in [5.41, 5.74) is 0. The Balaban J connectivity index is 4.14. The van der Waals surface area contributed by atoms with Crippen LogP contribution in [0, 0.1) is 17.2 Å². The van der Waals surface area contributed by atoms with E-state index < -0.39 is 5.79 Å². The van der Waals surface area contributed by atoms with E-state index in [0.29, 0.717) is 12.3 Å². The molecule has 0 aliphatic carbocycles. The number of hydrogen-bond acceptors (Lipinski definition) is 3. The minimum Gasteiger partial charge on any atom is -0.353 e. The van der Waals surface area contributed by atoms with Gasteiger partial charge in [0.15, 0.2) is 5.79 Å². The molecule has 0 N–H and O–H groups in total. The Labute approximate surface area is 125 Å². The minimum absolute atomic E-state index is 0.372. The molecule has 0 fully saturated rings. The van der Waals surface area contributed by atoms with Gasteiger partial charge in [0, 0.05) is 26.6 Å². The molecule has 0 heterocycles. The van der Waals surface area contributed by atoms with Crippen LogP contribution in [0.1, 0.15) is 78.1 Å². The van der Waals surface area contributed by atoms with Crippen LogP contribution in [0.25, 0.3) is 0 Å². The van der Waals surface area contributed by atoms with E-state index in [-0.39, 0.29) is 0 Å². The topological polar surface area (TPSA) is 42.2 Å². The molecule has 0 radical (unpaired) electrons. The van der Waals surface area contributed by atoms with Crippen LogP contribution in [-0.2, 0) is 9.47 Å². The first-order valence-electron chi connectivity index (χ1n) is 8.11. The highest BCUT2D eigenvalue weighted by atomic mass is 16.7. The van der Waals surface area contributed by atoms with Crippen LogP contribution in [0.15, 0.2) is 0 Å². The molecule has 0 saturated carbocycles. The van der Waals surface area contributed by atoms with Crippen LogP contribution in [0.5, 0.6) is 0 Å². The van der Waals surface area contributed by atoms with Crippen molar-refractivity contribution in [2.24, 2.45) is 5.92 Å². The van der Waals surface area contributed by atoms with Crippen molar-refractivity contribution < 1.29 is 9.47 Å². The zero-order chi connectivity index (χ0) is 15.3. The van der Waals surface area contributed by atoms with Crippen molar-refractivity contribution in [1.29, 1.82) is 5.26 Å². The number of rotatable bonds is 13. The van der Waals surface area contributed by atoms with Crippen LogP contribution >= 0.6 is 0 Å². The number of unbranched alkanes of at least 4 members (excludes halogenated alkanes) is 6. The van der Waals surface area contributed by atoms with Gasteiger partial charge in [0.1, 0.15) is 0 Å². The average Bonchev–Trinajstić information content (AvgIpc) is 2.48. The Morgan fingerprint density at radius 3 is 2.05 bits per heavy atom. The van der Waals surface area contributed by atoms with Crippen LogP contribution in [0.3, 0.4) is 0 Å². The fourth-order valence-corrected chi connectivity index (χ4v) is 2.68. The van der Waals surface area contributed by atoms with Crippen LogP contribution in [0.2, 0.25) is 0 Å². The van der Waals surface area contributed by atoms with Crippen LogP contribution < -0.4 is 0 Å². The van der Waals surface area contributed by atoms with Crippen molar-refractivity contribution in [3.63, 3.8) is 0 Å². The second-order valence-corrected chi connectivity index (χ2v) is 5.73. The van der Waals surface area contributed by atoms with Crippen molar-refractivity contribution in [2.45, 2.75) is 83.8 Å². The molecule has 0 saturated heterocycles. The van der Waals surface area contributed by atoms with Crippen molar-refractivity contribution in [3.05, 3.63) is 0 Å². The van der Waals surface area contributed by atoms with E-state index >= 15 is 0 Å². The minimum atomic E-state index is -0.515. The van der Waals surface area contributed by atoms with Gasteiger partial charge in [-0.25, -0.2) is 0 Å². The molecule has 3 heteroatoms. The molecular weight excluding hydrogens is 250 g/mol. The Morgan fingerprint density at radius 1 is 0.950 bits per heavy atom. The molecule has 0 amide bonds. The normalized spacial score (nSPS) is 13.2. The van der Waals surface area contributed by atoms with Crippen molar-refractivity contribution in [1.82, 2.24) is 0 Å². The number of nitriles is 1. The fraction of sp³-hybridized carbons (Fsp3) is 0.941. The monoisotopic (exact) mass is 283 g/mol. The number of hydrogen-bond donors (Lipinski definition) is 0. The SMILES string of the molecule is CCCCCCCCC(CCCC#N)C(C)(OC)OC. The molecule has 1 unspecified atom stereocenters. The molecular formula is C17H33NO2. The predicted octanol–water partition coefficient (Wildman–Crippen LogP) is 5.06. The van der Waals surface area contributed by atoms with Gasteiger partial charge in [-0.15, -0.1) is 0 Å². The second-order valence-electron chi connectivity index (χ2n) is 5.73. The third-order valence-corrected chi connectivity index (χ3v) is 4.30. The lowest BCUT2D eigenvalue weighted by Gasteiger charge is -2.35. The van der Waals surface area contributed by atoms with E-state index in [9.17, 15) is 0 Å². The highest BCUT2D eigenvalue weighted by Crippen LogP contribution is 2.31. The third kappa shape index (κ3) is 7.87. The molecule has 0 rings (SSSR count). The van der Waals surface area contributed by atoms with Gasteiger partial charge >= 0.3 is 0 Å². The zero-order valence-corrected chi connectivity index (χ0v) is 13.9. The number of methoxy groups -OCH3 is 2. The highest BCUT2D eigenvalue weighted by molar-refractivity contribution is 4.77. The molecule has 0 bridgehead atoms. The quantitative estimate of drug-likeness (QED) is 0.350. The van der Waals surface area contributed by atoms with Gasteiger partial charge < -0.3 is 9.47 Å². The number of nitrogens with zero attached hydrogens (tertiary/aromatic N) is 1. The van der Waals surface area contributed by atoms with Gasteiger partial charge in [-0.2, -0.15) is 5.26 Å². The standard InChI is InChI=1S/C17H33NO2/c1-5-6-7-8-9-10-13-16(14-11-12-15-18)17(2,19-3)20-4/h16H,5-14H2,1-4H3. The second kappa shape index (κ2) is 12.2. The average molecular weight is 283 g/mol. The van der Waals surface area contributed by atoms with Gasteiger partial charge in [0.05, 0.1) is 6.07 Å². The smallest absolute Gasteiger partial charge is 0.167 e. The van der Waals surface area contributed by atoms with Gasteiger partial charge in [0.2, 0.25) is 0 Å². The molecule has 20 heavy (non-hydrogen) atoms. The molecule has 0 spiro atoms. The first kappa shape index (κ1) is 19.4.